The van der Waals surface area contributed by atoms with E-state index < -0.39 is 0 Å². The Hall–Kier alpha value is -1.58. The normalized spacial score (nSPS) is 14.2. The van der Waals surface area contributed by atoms with E-state index in [-0.39, 0.29) is 5.82 Å². The highest BCUT2D eigenvalue weighted by Crippen LogP contribution is 2.32. The highest BCUT2D eigenvalue weighted by molar-refractivity contribution is 6.33. The van der Waals surface area contributed by atoms with Crippen molar-refractivity contribution in [2.45, 2.75) is 25.4 Å². The first kappa shape index (κ1) is 14.4. The maximum Gasteiger partial charge on any atom is 0.124 e. The van der Waals surface area contributed by atoms with Crippen molar-refractivity contribution in [1.82, 2.24) is 5.32 Å². The maximum absolute atomic E-state index is 13.2. The Labute approximate surface area is 128 Å². The fourth-order valence-corrected chi connectivity index (χ4v) is 2.63. The first-order chi connectivity index (χ1) is 10.2. The number of hydrogen-bond acceptors (Lipinski definition) is 2. The lowest BCUT2D eigenvalue weighted by Crippen LogP contribution is -2.15. The first-order valence-electron chi connectivity index (χ1n) is 7.03. The summed E-state index contributed by atoms with van der Waals surface area (Å²) in [5.41, 5.74) is 2.88. The summed E-state index contributed by atoms with van der Waals surface area (Å²) in [5, 5.41) is 3.89. The molecule has 2 nitrogen and oxygen atoms in total. The molecule has 0 aromatic heterocycles. The molecule has 0 amide bonds. The fraction of sp³-hybridized carbons (Fsp3) is 0.294. The molecule has 1 saturated carbocycles. The second-order valence-electron chi connectivity index (χ2n) is 5.31. The van der Waals surface area contributed by atoms with Gasteiger partial charge in [-0.15, -0.1) is 0 Å². The van der Waals surface area contributed by atoms with E-state index in [0.29, 0.717) is 11.1 Å². The van der Waals surface area contributed by atoms with Gasteiger partial charge in [0.2, 0.25) is 0 Å². The molecule has 0 atom stereocenters. The highest BCUT2D eigenvalue weighted by atomic mass is 35.5. The van der Waals surface area contributed by atoms with Gasteiger partial charge in [-0.3, -0.25) is 0 Å². The molecule has 4 heteroatoms. The van der Waals surface area contributed by atoms with Gasteiger partial charge in [-0.05, 0) is 48.7 Å². The van der Waals surface area contributed by atoms with Crippen LogP contribution in [0.3, 0.4) is 0 Å². The molecule has 2 aromatic carbocycles. The summed E-state index contributed by atoms with van der Waals surface area (Å²) >= 11 is 6.14. The maximum atomic E-state index is 13.2. The lowest BCUT2D eigenvalue weighted by Gasteiger charge is -2.12. The van der Waals surface area contributed by atoms with Crippen LogP contribution in [0.1, 0.15) is 18.4 Å². The van der Waals surface area contributed by atoms with Crippen molar-refractivity contribution in [3.8, 4) is 16.9 Å². The molecule has 0 heterocycles. The Bertz CT molecular complexity index is 655. The van der Waals surface area contributed by atoms with Gasteiger partial charge in [0, 0.05) is 23.7 Å². The lowest BCUT2D eigenvalue weighted by molar-refractivity contribution is 0.407. The molecule has 2 aromatic rings. The summed E-state index contributed by atoms with van der Waals surface area (Å²) in [4.78, 5) is 0. The Morgan fingerprint density at radius 3 is 2.71 bits per heavy atom. The Morgan fingerprint density at radius 1 is 1.24 bits per heavy atom. The van der Waals surface area contributed by atoms with Crippen LogP contribution in [-0.2, 0) is 6.54 Å². The van der Waals surface area contributed by atoms with Crippen molar-refractivity contribution in [1.29, 1.82) is 0 Å². The van der Waals surface area contributed by atoms with Crippen LogP contribution < -0.4 is 10.1 Å². The Balaban J connectivity index is 1.92. The molecule has 1 fully saturated rings. The molecule has 1 aliphatic carbocycles. The number of halogens is 2. The van der Waals surface area contributed by atoms with Gasteiger partial charge in [-0.2, -0.15) is 0 Å². The monoisotopic (exact) mass is 305 g/mol. The molecule has 1 aliphatic rings. The molecule has 0 radical (unpaired) electrons. The molecular formula is C17H17ClFNO. The van der Waals surface area contributed by atoms with E-state index in [2.05, 4.69) is 5.32 Å². The Morgan fingerprint density at radius 2 is 2.05 bits per heavy atom. The van der Waals surface area contributed by atoms with Gasteiger partial charge in [-0.25, -0.2) is 4.39 Å². The third kappa shape index (κ3) is 3.36. The van der Waals surface area contributed by atoms with Gasteiger partial charge in [-0.1, -0.05) is 17.7 Å². The van der Waals surface area contributed by atoms with Gasteiger partial charge in [0.25, 0.3) is 0 Å². The largest absolute Gasteiger partial charge is 0.496 e. The summed E-state index contributed by atoms with van der Waals surface area (Å²) in [6, 6.07) is 11.0. The van der Waals surface area contributed by atoms with Crippen LogP contribution >= 0.6 is 11.6 Å². The van der Waals surface area contributed by atoms with Crippen LogP contribution in [0.15, 0.2) is 36.4 Å². The third-order valence-electron chi connectivity index (χ3n) is 3.68. The zero-order valence-electron chi connectivity index (χ0n) is 11.8. The van der Waals surface area contributed by atoms with Crippen molar-refractivity contribution >= 4 is 11.6 Å². The van der Waals surface area contributed by atoms with E-state index in [4.69, 9.17) is 16.3 Å². The van der Waals surface area contributed by atoms with Crippen LogP contribution in [0, 0.1) is 5.82 Å². The van der Waals surface area contributed by atoms with E-state index in [1.807, 2.05) is 18.2 Å². The molecule has 110 valence electrons. The number of methoxy groups -OCH3 is 1. The summed E-state index contributed by atoms with van der Waals surface area (Å²) in [6.07, 6.45) is 2.48. The fourth-order valence-electron chi connectivity index (χ4n) is 2.35. The van der Waals surface area contributed by atoms with Crippen LogP contribution in [0.4, 0.5) is 4.39 Å². The molecule has 0 unspecified atom stereocenters. The molecule has 0 bridgehead atoms. The van der Waals surface area contributed by atoms with E-state index in [1.165, 1.54) is 25.0 Å². The quantitative estimate of drug-likeness (QED) is 0.883. The van der Waals surface area contributed by atoms with Crippen LogP contribution in [0.5, 0.6) is 5.75 Å². The smallest absolute Gasteiger partial charge is 0.124 e. The van der Waals surface area contributed by atoms with Gasteiger partial charge >= 0.3 is 0 Å². The van der Waals surface area contributed by atoms with Gasteiger partial charge in [0.1, 0.15) is 11.6 Å². The van der Waals surface area contributed by atoms with Crippen LogP contribution in [-0.4, -0.2) is 13.2 Å². The number of benzene rings is 2. The molecule has 0 spiro atoms. The molecule has 0 saturated heterocycles. The van der Waals surface area contributed by atoms with E-state index >= 15 is 0 Å². The van der Waals surface area contributed by atoms with Gasteiger partial charge in [0.15, 0.2) is 0 Å². The molecule has 21 heavy (non-hydrogen) atoms. The summed E-state index contributed by atoms with van der Waals surface area (Å²) in [6.45, 7) is 0.764. The van der Waals surface area contributed by atoms with E-state index in [9.17, 15) is 4.39 Å². The number of ether oxygens (including phenoxy) is 1. The average Bonchev–Trinajstić information content (AvgIpc) is 3.29. The van der Waals surface area contributed by atoms with Crippen molar-refractivity contribution in [3.05, 3.63) is 52.8 Å². The predicted molar refractivity (Wildman–Crippen MR) is 83.3 cm³/mol. The molecular weight excluding hydrogens is 289 g/mol. The lowest BCUT2D eigenvalue weighted by atomic mass is 10.0. The summed E-state index contributed by atoms with van der Waals surface area (Å²) in [5.74, 6) is 0.526. The summed E-state index contributed by atoms with van der Waals surface area (Å²) in [7, 11) is 1.67. The van der Waals surface area contributed by atoms with E-state index in [1.54, 1.807) is 13.2 Å². The number of rotatable bonds is 5. The third-order valence-corrected chi connectivity index (χ3v) is 3.99. The second-order valence-corrected chi connectivity index (χ2v) is 5.71. The van der Waals surface area contributed by atoms with Crippen LogP contribution in [0.25, 0.3) is 11.1 Å². The average molecular weight is 306 g/mol. The van der Waals surface area contributed by atoms with Crippen LogP contribution in [0.2, 0.25) is 5.02 Å². The Kier molecular flexibility index (Phi) is 4.13. The SMILES string of the molecule is COc1ccc(-c2ccc(F)cc2Cl)cc1CNC1CC1. The minimum atomic E-state index is -0.326. The second kappa shape index (κ2) is 6.04. The number of nitrogens with one attached hydrogen (secondary N) is 1. The van der Waals surface area contributed by atoms with Crippen molar-refractivity contribution < 1.29 is 9.13 Å². The van der Waals surface area contributed by atoms with E-state index in [0.717, 1.165) is 29.0 Å². The summed E-state index contributed by atoms with van der Waals surface area (Å²) < 4.78 is 18.6. The topological polar surface area (TPSA) is 21.3 Å². The standard InChI is InChI=1S/C17H17ClFNO/c1-21-17-7-2-11(8-12(17)10-20-14-4-5-14)15-6-3-13(19)9-16(15)18/h2-3,6-9,14,20H,4-5,10H2,1H3. The molecule has 0 aliphatic heterocycles. The van der Waals surface area contributed by atoms with Crippen molar-refractivity contribution in [2.24, 2.45) is 0 Å². The zero-order chi connectivity index (χ0) is 14.8. The first-order valence-corrected chi connectivity index (χ1v) is 7.41. The van der Waals surface area contributed by atoms with Gasteiger partial charge < -0.3 is 10.1 Å². The van der Waals surface area contributed by atoms with Crippen molar-refractivity contribution in [2.75, 3.05) is 7.11 Å². The number of hydrogen-bond donors (Lipinski definition) is 1. The molecule has 1 N–H and O–H groups in total. The predicted octanol–water partition coefficient (Wildman–Crippen LogP) is 4.41. The zero-order valence-corrected chi connectivity index (χ0v) is 12.6. The minimum absolute atomic E-state index is 0.326. The van der Waals surface area contributed by atoms with Crippen molar-refractivity contribution in [3.63, 3.8) is 0 Å². The van der Waals surface area contributed by atoms with Gasteiger partial charge in [0.05, 0.1) is 12.1 Å². The minimum Gasteiger partial charge on any atom is -0.496 e. The highest BCUT2D eigenvalue weighted by Gasteiger charge is 2.20. The molecule has 3 rings (SSSR count).